The maximum atomic E-state index is 13.0. The molecule has 0 saturated heterocycles. The van der Waals surface area contributed by atoms with Gasteiger partial charge in [-0.3, -0.25) is 0 Å². The van der Waals surface area contributed by atoms with E-state index in [4.69, 9.17) is 4.74 Å². The molecule has 1 heterocycles. The molecule has 0 unspecified atom stereocenters. The number of halogens is 2. The van der Waals surface area contributed by atoms with Crippen molar-refractivity contribution in [3.05, 3.63) is 47.8 Å². The van der Waals surface area contributed by atoms with E-state index in [0.717, 1.165) is 24.2 Å². The highest BCUT2D eigenvalue weighted by Crippen LogP contribution is 2.19. The predicted molar refractivity (Wildman–Crippen MR) is 65.8 cm³/mol. The molecule has 0 atom stereocenters. The Balaban J connectivity index is 2.04. The Morgan fingerprint density at radius 1 is 1.16 bits per heavy atom. The van der Waals surface area contributed by atoms with Crippen LogP contribution in [0.2, 0.25) is 0 Å². The van der Waals surface area contributed by atoms with Gasteiger partial charge >= 0.3 is 6.01 Å². The molecule has 6 heteroatoms. The second-order valence-corrected chi connectivity index (χ2v) is 3.83. The number of aromatic nitrogens is 2. The lowest BCUT2D eigenvalue weighted by Crippen LogP contribution is -2.12. The minimum Gasteiger partial charge on any atom is -0.424 e. The number of rotatable bonds is 5. The minimum atomic E-state index is -0.971. The zero-order chi connectivity index (χ0) is 13.7. The molecular formula is C13H13F2N3O. The van der Waals surface area contributed by atoms with Crippen molar-refractivity contribution in [3.8, 4) is 11.8 Å². The summed E-state index contributed by atoms with van der Waals surface area (Å²) in [5, 5.41) is 3.14. The zero-order valence-electron chi connectivity index (χ0n) is 10.4. The Kier molecular flexibility index (Phi) is 4.35. The van der Waals surface area contributed by atoms with Crippen LogP contribution in [-0.4, -0.2) is 16.5 Å². The van der Waals surface area contributed by atoms with Gasteiger partial charge in [-0.15, -0.1) is 0 Å². The summed E-state index contributed by atoms with van der Waals surface area (Å²) in [6, 6.07) is 3.34. The summed E-state index contributed by atoms with van der Waals surface area (Å²) >= 11 is 0. The maximum Gasteiger partial charge on any atom is 0.321 e. The van der Waals surface area contributed by atoms with Crippen molar-refractivity contribution >= 4 is 0 Å². The first kappa shape index (κ1) is 13.4. The van der Waals surface area contributed by atoms with Gasteiger partial charge < -0.3 is 10.1 Å². The largest absolute Gasteiger partial charge is 0.424 e. The number of hydrogen-bond donors (Lipinski definition) is 1. The van der Waals surface area contributed by atoms with Gasteiger partial charge in [0.15, 0.2) is 11.6 Å². The average molecular weight is 265 g/mol. The van der Waals surface area contributed by atoms with E-state index >= 15 is 0 Å². The molecule has 0 amide bonds. The summed E-state index contributed by atoms with van der Waals surface area (Å²) < 4.78 is 30.9. The number of hydrogen-bond acceptors (Lipinski definition) is 4. The van der Waals surface area contributed by atoms with E-state index in [-0.39, 0.29) is 11.8 Å². The van der Waals surface area contributed by atoms with Gasteiger partial charge in [-0.05, 0) is 18.7 Å². The van der Waals surface area contributed by atoms with Crippen molar-refractivity contribution in [2.75, 3.05) is 6.54 Å². The van der Waals surface area contributed by atoms with Gasteiger partial charge in [0.05, 0.1) is 0 Å². The van der Waals surface area contributed by atoms with Crippen molar-refractivity contribution < 1.29 is 13.5 Å². The second-order valence-electron chi connectivity index (χ2n) is 3.83. The fourth-order valence-corrected chi connectivity index (χ4v) is 1.40. The number of ether oxygens (including phenoxy) is 1. The molecule has 2 aromatic rings. The average Bonchev–Trinajstić information content (AvgIpc) is 2.42. The first-order valence-corrected chi connectivity index (χ1v) is 5.83. The van der Waals surface area contributed by atoms with Gasteiger partial charge in [-0.25, -0.2) is 18.7 Å². The quantitative estimate of drug-likeness (QED) is 0.902. The number of nitrogens with zero attached hydrogens (tertiary/aromatic N) is 2. The molecule has 0 aliphatic heterocycles. The van der Waals surface area contributed by atoms with Gasteiger partial charge in [0.1, 0.15) is 5.75 Å². The highest BCUT2D eigenvalue weighted by atomic mass is 19.2. The van der Waals surface area contributed by atoms with E-state index in [9.17, 15) is 8.78 Å². The third kappa shape index (κ3) is 3.69. The van der Waals surface area contributed by atoms with E-state index in [1.54, 1.807) is 12.4 Å². The summed E-state index contributed by atoms with van der Waals surface area (Å²) in [4.78, 5) is 7.98. The molecular weight excluding hydrogens is 252 g/mol. The Labute approximate surface area is 109 Å². The summed E-state index contributed by atoms with van der Waals surface area (Å²) in [5.74, 6) is -1.74. The summed E-state index contributed by atoms with van der Waals surface area (Å²) in [5.41, 5.74) is 0.916. The molecule has 1 N–H and O–H groups in total. The molecule has 0 aliphatic carbocycles. The Morgan fingerprint density at radius 2 is 1.89 bits per heavy atom. The molecule has 0 fully saturated rings. The lowest BCUT2D eigenvalue weighted by Gasteiger charge is -2.05. The topological polar surface area (TPSA) is 47.0 Å². The Hall–Kier alpha value is -2.08. The van der Waals surface area contributed by atoms with Crippen LogP contribution in [0.3, 0.4) is 0 Å². The minimum absolute atomic E-state index is 0.0891. The molecule has 2 rings (SSSR count). The van der Waals surface area contributed by atoms with Crippen molar-refractivity contribution in [1.82, 2.24) is 15.3 Å². The van der Waals surface area contributed by atoms with Crippen molar-refractivity contribution in [1.29, 1.82) is 0 Å². The van der Waals surface area contributed by atoms with Gasteiger partial charge in [0, 0.05) is 30.6 Å². The van der Waals surface area contributed by atoms with Crippen LogP contribution >= 0.6 is 0 Å². The van der Waals surface area contributed by atoms with Gasteiger partial charge in [0.25, 0.3) is 0 Å². The summed E-state index contributed by atoms with van der Waals surface area (Å²) in [6.45, 7) is 3.52. The Morgan fingerprint density at radius 3 is 2.53 bits per heavy atom. The lowest BCUT2D eigenvalue weighted by atomic mass is 10.3. The molecule has 1 aromatic carbocycles. The monoisotopic (exact) mass is 265 g/mol. The van der Waals surface area contributed by atoms with E-state index < -0.39 is 11.6 Å². The highest BCUT2D eigenvalue weighted by molar-refractivity contribution is 5.26. The third-order valence-electron chi connectivity index (χ3n) is 2.36. The SMILES string of the molecule is CCNCc1cnc(Oc2ccc(F)c(F)c2)nc1. The second kappa shape index (κ2) is 6.19. The fraction of sp³-hybridized carbons (Fsp3) is 0.231. The van der Waals surface area contributed by atoms with Crippen LogP contribution in [0.15, 0.2) is 30.6 Å². The first-order chi connectivity index (χ1) is 9.19. The number of benzene rings is 1. The molecule has 0 bridgehead atoms. The van der Waals surface area contributed by atoms with Crippen LogP contribution in [0.4, 0.5) is 8.78 Å². The van der Waals surface area contributed by atoms with E-state index in [2.05, 4.69) is 15.3 Å². The van der Waals surface area contributed by atoms with Gasteiger partial charge in [-0.2, -0.15) is 0 Å². The Bertz CT molecular complexity index is 546. The summed E-state index contributed by atoms with van der Waals surface area (Å²) in [7, 11) is 0. The van der Waals surface area contributed by atoms with Gasteiger partial charge in [0.2, 0.25) is 0 Å². The lowest BCUT2D eigenvalue weighted by molar-refractivity contribution is 0.430. The molecule has 0 spiro atoms. The molecule has 0 saturated carbocycles. The fourth-order valence-electron chi connectivity index (χ4n) is 1.40. The van der Waals surface area contributed by atoms with E-state index in [1.807, 2.05) is 6.92 Å². The molecule has 0 aliphatic rings. The molecule has 4 nitrogen and oxygen atoms in total. The highest BCUT2D eigenvalue weighted by Gasteiger charge is 2.05. The van der Waals surface area contributed by atoms with Crippen LogP contribution in [0.1, 0.15) is 12.5 Å². The zero-order valence-corrected chi connectivity index (χ0v) is 10.4. The summed E-state index contributed by atoms with van der Waals surface area (Å²) in [6.07, 6.45) is 3.23. The molecule has 100 valence electrons. The van der Waals surface area contributed by atoms with Crippen LogP contribution in [-0.2, 0) is 6.54 Å². The van der Waals surface area contributed by atoms with Crippen LogP contribution < -0.4 is 10.1 Å². The van der Waals surface area contributed by atoms with Crippen molar-refractivity contribution in [2.24, 2.45) is 0 Å². The van der Waals surface area contributed by atoms with Gasteiger partial charge in [-0.1, -0.05) is 6.92 Å². The molecule has 19 heavy (non-hydrogen) atoms. The van der Waals surface area contributed by atoms with E-state index in [0.29, 0.717) is 6.54 Å². The normalized spacial score (nSPS) is 10.5. The first-order valence-electron chi connectivity index (χ1n) is 5.83. The van der Waals surface area contributed by atoms with Crippen molar-refractivity contribution in [3.63, 3.8) is 0 Å². The van der Waals surface area contributed by atoms with Crippen LogP contribution in [0.5, 0.6) is 11.8 Å². The third-order valence-corrected chi connectivity index (χ3v) is 2.36. The van der Waals surface area contributed by atoms with Crippen LogP contribution in [0, 0.1) is 11.6 Å². The van der Waals surface area contributed by atoms with Crippen LogP contribution in [0.25, 0.3) is 0 Å². The number of nitrogens with one attached hydrogen (secondary N) is 1. The molecule has 1 aromatic heterocycles. The van der Waals surface area contributed by atoms with Crippen molar-refractivity contribution in [2.45, 2.75) is 13.5 Å². The maximum absolute atomic E-state index is 13.0. The standard InChI is InChI=1S/C13H13F2N3O/c1-2-16-6-9-7-17-13(18-8-9)19-10-3-4-11(14)12(15)5-10/h3-5,7-8,16H,2,6H2,1H3. The smallest absolute Gasteiger partial charge is 0.321 e. The van der Waals surface area contributed by atoms with E-state index in [1.165, 1.54) is 6.07 Å². The molecule has 0 radical (unpaired) electrons. The predicted octanol–water partition coefficient (Wildman–Crippen LogP) is 2.66.